The first-order chi connectivity index (χ1) is 6.70. The van der Waals surface area contributed by atoms with Crippen LogP contribution in [0.4, 0.5) is 0 Å². The second-order valence-electron chi connectivity index (χ2n) is 3.65. The van der Waals surface area contributed by atoms with E-state index < -0.39 is 0 Å². The Bertz CT molecular complexity index is 164. The normalized spacial score (nSPS) is 12.1. The smallest absolute Gasteiger partial charge is 0.330 e. The molecule has 0 aromatic rings. The van der Waals surface area contributed by atoms with Gasteiger partial charge < -0.3 is 4.74 Å². The van der Waals surface area contributed by atoms with Crippen molar-refractivity contribution in [2.75, 3.05) is 0 Å². The van der Waals surface area contributed by atoms with Crippen molar-refractivity contribution in [2.24, 2.45) is 0 Å². The van der Waals surface area contributed by atoms with Crippen LogP contribution in [-0.2, 0) is 9.53 Å². The van der Waals surface area contributed by atoms with E-state index >= 15 is 0 Å². The molecule has 0 aromatic carbocycles. The minimum atomic E-state index is -0.314. The summed E-state index contributed by atoms with van der Waals surface area (Å²) in [5.74, 6) is -0.314. The maximum absolute atomic E-state index is 10.8. The van der Waals surface area contributed by atoms with E-state index in [1.807, 2.05) is 6.92 Å². The van der Waals surface area contributed by atoms with Crippen LogP contribution in [0, 0.1) is 0 Å². The number of unbranched alkanes of at least 4 members (excludes halogenated alkanes) is 4. The molecule has 0 aromatic heterocycles. The first-order valence-electron chi connectivity index (χ1n) is 5.53. The zero-order valence-corrected chi connectivity index (χ0v) is 9.42. The standard InChI is InChI=1S/C12H22O2/c1-4-6-7-8-9-10-11(3)14-12(13)5-2/h5,11H,2,4,6-10H2,1,3H3. The van der Waals surface area contributed by atoms with Crippen LogP contribution in [-0.4, -0.2) is 12.1 Å². The Morgan fingerprint density at radius 3 is 2.57 bits per heavy atom. The van der Waals surface area contributed by atoms with Gasteiger partial charge in [0.15, 0.2) is 0 Å². The minimum Gasteiger partial charge on any atom is -0.460 e. The van der Waals surface area contributed by atoms with E-state index in [0.717, 1.165) is 12.8 Å². The lowest BCUT2D eigenvalue weighted by molar-refractivity contribution is -0.142. The Kier molecular flexibility index (Phi) is 8.30. The van der Waals surface area contributed by atoms with E-state index in [4.69, 9.17) is 4.74 Å². The fraction of sp³-hybridized carbons (Fsp3) is 0.750. The van der Waals surface area contributed by atoms with Crippen LogP contribution in [0.15, 0.2) is 12.7 Å². The third-order valence-corrected chi connectivity index (χ3v) is 2.20. The highest BCUT2D eigenvalue weighted by Crippen LogP contribution is 2.09. The molecule has 1 atom stereocenters. The van der Waals surface area contributed by atoms with E-state index in [2.05, 4.69) is 13.5 Å². The highest BCUT2D eigenvalue weighted by atomic mass is 16.5. The highest BCUT2D eigenvalue weighted by molar-refractivity contribution is 5.81. The molecule has 0 amide bonds. The molecule has 1 unspecified atom stereocenters. The number of rotatable bonds is 8. The Morgan fingerprint density at radius 1 is 1.36 bits per heavy atom. The molecule has 0 N–H and O–H groups in total. The summed E-state index contributed by atoms with van der Waals surface area (Å²) in [5, 5.41) is 0. The topological polar surface area (TPSA) is 26.3 Å². The van der Waals surface area contributed by atoms with Crippen molar-refractivity contribution in [1.29, 1.82) is 0 Å². The molecule has 14 heavy (non-hydrogen) atoms. The Morgan fingerprint density at radius 2 is 2.00 bits per heavy atom. The maximum Gasteiger partial charge on any atom is 0.330 e. The second kappa shape index (κ2) is 8.79. The lowest BCUT2D eigenvalue weighted by Crippen LogP contribution is -2.12. The molecule has 82 valence electrons. The van der Waals surface area contributed by atoms with Crippen molar-refractivity contribution in [2.45, 2.75) is 58.5 Å². The highest BCUT2D eigenvalue weighted by Gasteiger charge is 2.05. The van der Waals surface area contributed by atoms with Crippen LogP contribution >= 0.6 is 0 Å². The zero-order valence-electron chi connectivity index (χ0n) is 9.42. The van der Waals surface area contributed by atoms with E-state index in [-0.39, 0.29) is 12.1 Å². The summed E-state index contributed by atoms with van der Waals surface area (Å²) in [6.07, 6.45) is 8.45. The Labute approximate surface area is 87.3 Å². The van der Waals surface area contributed by atoms with Crippen molar-refractivity contribution < 1.29 is 9.53 Å². The molecule has 0 rings (SSSR count). The first-order valence-corrected chi connectivity index (χ1v) is 5.53. The van der Waals surface area contributed by atoms with Crippen molar-refractivity contribution in [3.05, 3.63) is 12.7 Å². The van der Waals surface area contributed by atoms with Gasteiger partial charge in [-0.15, -0.1) is 0 Å². The van der Waals surface area contributed by atoms with Crippen LogP contribution in [0.3, 0.4) is 0 Å². The summed E-state index contributed by atoms with van der Waals surface area (Å²) < 4.78 is 5.05. The van der Waals surface area contributed by atoms with Gasteiger partial charge in [-0.3, -0.25) is 0 Å². The molecular formula is C12H22O2. The molecule has 0 radical (unpaired) electrons. The number of esters is 1. The fourth-order valence-electron chi connectivity index (χ4n) is 1.34. The maximum atomic E-state index is 10.8. The fourth-order valence-corrected chi connectivity index (χ4v) is 1.34. The van der Waals surface area contributed by atoms with Gasteiger partial charge in [-0.25, -0.2) is 4.79 Å². The van der Waals surface area contributed by atoms with Gasteiger partial charge in [0.1, 0.15) is 0 Å². The van der Waals surface area contributed by atoms with E-state index in [0.29, 0.717) is 0 Å². The zero-order chi connectivity index (χ0) is 10.8. The van der Waals surface area contributed by atoms with Gasteiger partial charge in [0.05, 0.1) is 6.10 Å². The van der Waals surface area contributed by atoms with Crippen LogP contribution in [0.25, 0.3) is 0 Å². The molecule has 0 bridgehead atoms. The quantitative estimate of drug-likeness (QED) is 0.339. The van der Waals surface area contributed by atoms with Gasteiger partial charge >= 0.3 is 5.97 Å². The summed E-state index contributed by atoms with van der Waals surface area (Å²) in [4.78, 5) is 10.8. The van der Waals surface area contributed by atoms with Crippen LogP contribution in [0.5, 0.6) is 0 Å². The van der Waals surface area contributed by atoms with Gasteiger partial charge in [-0.1, -0.05) is 39.2 Å². The predicted octanol–water partition coefficient (Wildman–Crippen LogP) is 3.46. The van der Waals surface area contributed by atoms with Gasteiger partial charge in [-0.2, -0.15) is 0 Å². The number of hydrogen-bond acceptors (Lipinski definition) is 2. The second-order valence-corrected chi connectivity index (χ2v) is 3.65. The van der Waals surface area contributed by atoms with Crippen molar-refractivity contribution in [1.82, 2.24) is 0 Å². The molecule has 0 aliphatic carbocycles. The van der Waals surface area contributed by atoms with Gasteiger partial charge in [0.2, 0.25) is 0 Å². The molecular weight excluding hydrogens is 176 g/mol. The SMILES string of the molecule is C=CC(=O)OC(C)CCCCCCC. The van der Waals surface area contributed by atoms with E-state index in [1.54, 1.807) is 0 Å². The van der Waals surface area contributed by atoms with Crippen LogP contribution in [0.1, 0.15) is 52.4 Å². The molecule has 0 fully saturated rings. The summed E-state index contributed by atoms with van der Waals surface area (Å²) >= 11 is 0. The molecule has 2 heteroatoms. The van der Waals surface area contributed by atoms with Crippen LogP contribution < -0.4 is 0 Å². The number of carbonyl (C=O) groups is 1. The number of carbonyl (C=O) groups excluding carboxylic acids is 1. The summed E-state index contributed by atoms with van der Waals surface area (Å²) in [7, 11) is 0. The monoisotopic (exact) mass is 198 g/mol. The van der Waals surface area contributed by atoms with Crippen molar-refractivity contribution in [3.63, 3.8) is 0 Å². The Balaban J connectivity index is 3.30. The lowest BCUT2D eigenvalue weighted by Gasteiger charge is -2.11. The minimum absolute atomic E-state index is 0.0297. The number of ether oxygens (including phenoxy) is 1. The van der Waals surface area contributed by atoms with Crippen molar-refractivity contribution >= 4 is 5.97 Å². The first kappa shape index (κ1) is 13.2. The molecule has 0 heterocycles. The summed E-state index contributed by atoms with van der Waals surface area (Å²) in [6.45, 7) is 7.49. The molecule has 0 spiro atoms. The largest absolute Gasteiger partial charge is 0.460 e. The van der Waals surface area contributed by atoms with Gasteiger partial charge in [0, 0.05) is 6.08 Å². The molecule has 0 saturated carbocycles. The molecule has 2 nitrogen and oxygen atoms in total. The molecule has 0 saturated heterocycles. The van der Waals surface area contributed by atoms with Crippen LogP contribution in [0.2, 0.25) is 0 Å². The third kappa shape index (κ3) is 7.84. The van der Waals surface area contributed by atoms with Crippen molar-refractivity contribution in [3.8, 4) is 0 Å². The van der Waals surface area contributed by atoms with Gasteiger partial charge in [0.25, 0.3) is 0 Å². The molecule has 0 aliphatic rings. The average molecular weight is 198 g/mol. The Hall–Kier alpha value is -0.790. The summed E-state index contributed by atoms with van der Waals surface area (Å²) in [6, 6.07) is 0. The van der Waals surface area contributed by atoms with E-state index in [1.165, 1.54) is 31.8 Å². The lowest BCUT2D eigenvalue weighted by atomic mass is 10.1. The van der Waals surface area contributed by atoms with E-state index in [9.17, 15) is 4.79 Å². The summed E-state index contributed by atoms with van der Waals surface area (Å²) in [5.41, 5.74) is 0. The van der Waals surface area contributed by atoms with Gasteiger partial charge in [-0.05, 0) is 19.8 Å². The number of hydrogen-bond donors (Lipinski definition) is 0. The molecule has 0 aliphatic heterocycles. The third-order valence-electron chi connectivity index (χ3n) is 2.20. The average Bonchev–Trinajstić information content (AvgIpc) is 2.17. The predicted molar refractivity (Wildman–Crippen MR) is 59.1 cm³/mol.